The standard InChI is InChI=1S/C16H22N2O2S/c1-12(16(19)18-10-6-2-3-7-11-18)20-14-9-5-4-8-13(14)15(17)21/h4-5,8-9,12H,2-3,6-7,10-11H2,1H3,(H2,17,21). The summed E-state index contributed by atoms with van der Waals surface area (Å²) in [5, 5.41) is 0. The second-order valence-electron chi connectivity index (χ2n) is 5.36. The average Bonchev–Trinajstić information content (AvgIpc) is 2.75. The highest BCUT2D eigenvalue weighted by molar-refractivity contribution is 7.80. The zero-order valence-electron chi connectivity index (χ0n) is 12.4. The number of amides is 1. The lowest BCUT2D eigenvalue weighted by atomic mass is 10.2. The Morgan fingerprint density at radius 3 is 2.48 bits per heavy atom. The van der Waals surface area contributed by atoms with Gasteiger partial charge in [0.2, 0.25) is 0 Å². The Bertz CT molecular complexity index is 511. The SMILES string of the molecule is CC(Oc1ccccc1C(N)=S)C(=O)N1CCCCCC1. The second-order valence-corrected chi connectivity index (χ2v) is 5.80. The lowest BCUT2D eigenvalue weighted by Gasteiger charge is -2.25. The number of para-hydroxylation sites is 1. The van der Waals surface area contributed by atoms with E-state index in [1.54, 1.807) is 19.1 Å². The summed E-state index contributed by atoms with van der Waals surface area (Å²) < 4.78 is 5.80. The Morgan fingerprint density at radius 1 is 1.24 bits per heavy atom. The van der Waals surface area contributed by atoms with Gasteiger partial charge in [0, 0.05) is 13.1 Å². The molecule has 0 aliphatic carbocycles. The van der Waals surface area contributed by atoms with E-state index < -0.39 is 6.10 Å². The zero-order valence-corrected chi connectivity index (χ0v) is 13.2. The van der Waals surface area contributed by atoms with Crippen molar-refractivity contribution in [2.45, 2.75) is 38.7 Å². The van der Waals surface area contributed by atoms with Crippen molar-refractivity contribution in [1.29, 1.82) is 0 Å². The first-order valence-electron chi connectivity index (χ1n) is 7.44. The van der Waals surface area contributed by atoms with Crippen molar-refractivity contribution < 1.29 is 9.53 Å². The molecule has 1 atom stereocenters. The molecule has 1 amide bonds. The first kappa shape index (κ1) is 15.8. The van der Waals surface area contributed by atoms with Crippen LogP contribution in [0.25, 0.3) is 0 Å². The third-order valence-electron chi connectivity index (χ3n) is 3.72. The number of benzene rings is 1. The number of rotatable bonds is 4. The maximum Gasteiger partial charge on any atom is 0.263 e. The summed E-state index contributed by atoms with van der Waals surface area (Å²) >= 11 is 5.01. The predicted octanol–water partition coefficient (Wildman–Crippen LogP) is 2.49. The van der Waals surface area contributed by atoms with Gasteiger partial charge in [0.15, 0.2) is 6.10 Å². The van der Waals surface area contributed by atoms with E-state index in [2.05, 4.69) is 0 Å². The molecule has 1 aromatic carbocycles. The van der Waals surface area contributed by atoms with E-state index in [1.807, 2.05) is 17.0 Å². The van der Waals surface area contributed by atoms with Crippen LogP contribution in [0, 0.1) is 0 Å². The van der Waals surface area contributed by atoms with Crippen LogP contribution in [0.4, 0.5) is 0 Å². The lowest BCUT2D eigenvalue weighted by Crippen LogP contribution is -2.41. The smallest absolute Gasteiger partial charge is 0.263 e. The minimum Gasteiger partial charge on any atom is -0.480 e. The van der Waals surface area contributed by atoms with Crippen molar-refractivity contribution in [1.82, 2.24) is 4.90 Å². The van der Waals surface area contributed by atoms with E-state index in [1.165, 1.54) is 12.8 Å². The molecular formula is C16H22N2O2S. The molecule has 1 fully saturated rings. The van der Waals surface area contributed by atoms with Crippen molar-refractivity contribution in [3.05, 3.63) is 29.8 Å². The van der Waals surface area contributed by atoms with Crippen molar-refractivity contribution in [3.63, 3.8) is 0 Å². The number of thiocarbonyl (C=S) groups is 1. The molecule has 114 valence electrons. The topological polar surface area (TPSA) is 55.6 Å². The van der Waals surface area contributed by atoms with Crippen LogP contribution in [-0.4, -0.2) is 35.0 Å². The van der Waals surface area contributed by atoms with Crippen LogP contribution in [0.2, 0.25) is 0 Å². The first-order valence-corrected chi connectivity index (χ1v) is 7.84. The molecular weight excluding hydrogens is 284 g/mol. The Morgan fingerprint density at radius 2 is 1.86 bits per heavy atom. The third-order valence-corrected chi connectivity index (χ3v) is 3.94. The normalized spacial score (nSPS) is 16.9. The van der Waals surface area contributed by atoms with Gasteiger partial charge in [-0.15, -0.1) is 0 Å². The number of ether oxygens (including phenoxy) is 1. The van der Waals surface area contributed by atoms with E-state index in [9.17, 15) is 4.79 Å². The first-order chi connectivity index (χ1) is 10.1. The second kappa shape index (κ2) is 7.41. The number of likely N-dealkylation sites (tertiary alicyclic amines) is 1. The minimum absolute atomic E-state index is 0.0367. The molecule has 1 saturated heterocycles. The molecule has 2 N–H and O–H groups in total. The molecule has 1 aromatic rings. The highest BCUT2D eigenvalue weighted by Crippen LogP contribution is 2.20. The van der Waals surface area contributed by atoms with Gasteiger partial charge >= 0.3 is 0 Å². The molecule has 1 unspecified atom stereocenters. The summed E-state index contributed by atoms with van der Waals surface area (Å²) in [4.78, 5) is 14.7. The average molecular weight is 306 g/mol. The fourth-order valence-corrected chi connectivity index (χ4v) is 2.73. The number of nitrogens with zero attached hydrogens (tertiary/aromatic N) is 1. The van der Waals surface area contributed by atoms with Gasteiger partial charge in [0.05, 0.1) is 5.56 Å². The molecule has 4 nitrogen and oxygen atoms in total. The third kappa shape index (κ3) is 4.17. The zero-order chi connectivity index (χ0) is 15.2. The molecule has 1 aliphatic heterocycles. The van der Waals surface area contributed by atoms with E-state index in [0.717, 1.165) is 25.9 Å². The molecule has 21 heavy (non-hydrogen) atoms. The summed E-state index contributed by atoms with van der Waals surface area (Å²) in [5.41, 5.74) is 6.36. The van der Waals surface area contributed by atoms with E-state index in [4.69, 9.17) is 22.7 Å². The van der Waals surface area contributed by atoms with Gasteiger partial charge in [-0.2, -0.15) is 0 Å². The molecule has 2 rings (SSSR count). The maximum atomic E-state index is 12.5. The van der Waals surface area contributed by atoms with Gasteiger partial charge < -0.3 is 15.4 Å². The molecule has 5 heteroatoms. The molecule has 1 aliphatic rings. The van der Waals surface area contributed by atoms with E-state index in [0.29, 0.717) is 11.3 Å². The van der Waals surface area contributed by atoms with Gasteiger partial charge in [-0.3, -0.25) is 4.79 Å². The van der Waals surface area contributed by atoms with E-state index in [-0.39, 0.29) is 10.9 Å². The summed E-state index contributed by atoms with van der Waals surface area (Å²) in [6, 6.07) is 7.30. The molecule has 0 spiro atoms. The summed E-state index contributed by atoms with van der Waals surface area (Å²) in [7, 11) is 0. The van der Waals surface area contributed by atoms with Crippen molar-refractivity contribution >= 4 is 23.1 Å². The van der Waals surface area contributed by atoms with Crippen molar-refractivity contribution in [2.24, 2.45) is 5.73 Å². The fourth-order valence-electron chi connectivity index (χ4n) is 2.56. The quantitative estimate of drug-likeness (QED) is 0.868. The summed E-state index contributed by atoms with van der Waals surface area (Å²) in [6.07, 6.45) is 4.01. The van der Waals surface area contributed by atoms with Gasteiger partial charge in [0.25, 0.3) is 5.91 Å². The highest BCUT2D eigenvalue weighted by atomic mass is 32.1. The van der Waals surface area contributed by atoms with Crippen LogP contribution in [0.3, 0.4) is 0 Å². The van der Waals surface area contributed by atoms with Crippen LogP contribution in [0.15, 0.2) is 24.3 Å². The van der Waals surface area contributed by atoms with Gasteiger partial charge in [-0.1, -0.05) is 37.2 Å². The van der Waals surface area contributed by atoms with Crippen LogP contribution in [0.5, 0.6) is 5.75 Å². The Hall–Kier alpha value is -1.62. The number of carbonyl (C=O) groups is 1. The number of hydrogen-bond acceptors (Lipinski definition) is 3. The number of hydrogen-bond donors (Lipinski definition) is 1. The number of nitrogens with two attached hydrogens (primary N) is 1. The van der Waals surface area contributed by atoms with Crippen LogP contribution in [0.1, 0.15) is 38.2 Å². The molecule has 0 bridgehead atoms. The molecule has 1 heterocycles. The lowest BCUT2D eigenvalue weighted by molar-refractivity contribution is -0.137. The Labute approximate surface area is 131 Å². The summed E-state index contributed by atoms with van der Waals surface area (Å²) in [6.45, 7) is 3.43. The maximum absolute atomic E-state index is 12.5. The van der Waals surface area contributed by atoms with Gasteiger partial charge in [-0.25, -0.2) is 0 Å². The predicted molar refractivity (Wildman–Crippen MR) is 87.5 cm³/mol. The van der Waals surface area contributed by atoms with Crippen LogP contribution in [-0.2, 0) is 4.79 Å². The van der Waals surface area contributed by atoms with Crippen LogP contribution >= 0.6 is 12.2 Å². The molecule has 0 aromatic heterocycles. The van der Waals surface area contributed by atoms with Gasteiger partial charge in [-0.05, 0) is 31.9 Å². The monoisotopic (exact) mass is 306 g/mol. The van der Waals surface area contributed by atoms with Crippen LogP contribution < -0.4 is 10.5 Å². The fraction of sp³-hybridized carbons (Fsp3) is 0.500. The largest absolute Gasteiger partial charge is 0.480 e. The Balaban J connectivity index is 2.05. The number of carbonyl (C=O) groups excluding carboxylic acids is 1. The molecule has 0 saturated carbocycles. The Kier molecular flexibility index (Phi) is 5.56. The van der Waals surface area contributed by atoms with Crippen molar-refractivity contribution in [3.8, 4) is 5.75 Å². The van der Waals surface area contributed by atoms with Crippen molar-refractivity contribution in [2.75, 3.05) is 13.1 Å². The minimum atomic E-state index is -0.529. The molecule has 0 radical (unpaired) electrons. The van der Waals surface area contributed by atoms with Gasteiger partial charge in [0.1, 0.15) is 10.7 Å². The highest BCUT2D eigenvalue weighted by Gasteiger charge is 2.23. The summed E-state index contributed by atoms with van der Waals surface area (Å²) in [5.74, 6) is 0.607. The van der Waals surface area contributed by atoms with E-state index >= 15 is 0 Å².